The van der Waals surface area contributed by atoms with Gasteiger partial charge in [0.15, 0.2) is 5.75 Å². The number of benzene rings is 1. The Balaban J connectivity index is 2.45. The summed E-state index contributed by atoms with van der Waals surface area (Å²) in [4.78, 5) is 23.2. The first-order valence-electron chi connectivity index (χ1n) is 5.28. The van der Waals surface area contributed by atoms with Crippen LogP contribution in [0, 0.1) is 5.92 Å². The summed E-state index contributed by atoms with van der Waals surface area (Å²) in [5, 5.41) is 2.72. The maximum atomic E-state index is 11.6. The zero-order valence-corrected chi connectivity index (χ0v) is 9.65. The molecule has 1 unspecified atom stereocenters. The van der Waals surface area contributed by atoms with Gasteiger partial charge in [0, 0.05) is 0 Å². The predicted octanol–water partition coefficient (Wildman–Crippen LogP) is 1.44. The van der Waals surface area contributed by atoms with Crippen LogP contribution in [0.4, 0.5) is 5.69 Å². The van der Waals surface area contributed by atoms with E-state index in [-0.39, 0.29) is 18.4 Å². The maximum absolute atomic E-state index is 11.6. The second kappa shape index (κ2) is 4.45. The Labute approximate surface area is 98.7 Å². The number of ether oxygens (including phenoxy) is 2. The summed E-state index contributed by atoms with van der Waals surface area (Å²) in [5.41, 5.74) is 0.821. The van der Waals surface area contributed by atoms with Gasteiger partial charge in [-0.25, -0.2) is 4.79 Å². The van der Waals surface area contributed by atoms with Crippen LogP contribution in [-0.2, 0) is 9.53 Å². The molecule has 2 rings (SSSR count). The summed E-state index contributed by atoms with van der Waals surface area (Å²) in [6, 6.07) is 4.97. The summed E-state index contributed by atoms with van der Waals surface area (Å²) in [5.74, 6) is -0.485. The minimum atomic E-state index is -0.481. The van der Waals surface area contributed by atoms with Gasteiger partial charge in [-0.05, 0) is 12.1 Å². The second-order valence-corrected chi connectivity index (χ2v) is 3.88. The van der Waals surface area contributed by atoms with E-state index in [4.69, 9.17) is 4.74 Å². The molecule has 0 aromatic heterocycles. The number of nitrogens with one attached hydrogen (secondary N) is 1. The van der Waals surface area contributed by atoms with Crippen LogP contribution >= 0.6 is 0 Å². The van der Waals surface area contributed by atoms with E-state index in [2.05, 4.69) is 10.1 Å². The largest absolute Gasteiger partial charge is 0.490 e. The molecule has 5 heteroatoms. The fraction of sp³-hybridized carbons (Fsp3) is 0.333. The quantitative estimate of drug-likeness (QED) is 0.748. The minimum Gasteiger partial charge on any atom is -0.490 e. The first-order chi connectivity index (χ1) is 8.13. The zero-order chi connectivity index (χ0) is 12.4. The Bertz CT molecular complexity index is 470. The van der Waals surface area contributed by atoms with Crippen molar-refractivity contribution < 1.29 is 19.1 Å². The lowest BCUT2D eigenvalue weighted by Crippen LogP contribution is -2.21. The van der Waals surface area contributed by atoms with Crippen molar-refractivity contribution in [1.29, 1.82) is 0 Å². The SMILES string of the molecule is COC(=O)c1cccc2c1OCC(C)C(=O)N2. The standard InChI is InChI=1S/C12H13NO4/c1-7-6-17-10-8(12(15)16-2)4-3-5-9(10)13-11(7)14/h3-5,7H,6H2,1-2H3,(H,13,14). The molecule has 1 aromatic rings. The van der Waals surface area contributed by atoms with E-state index in [9.17, 15) is 9.59 Å². The van der Waals surface area contributed by atoms with Gasteiger partial charge in [0.1, 0.15) is 5.56 Å². The number of hydrogen-bond donors (Lipinski definition) is 1. The number of anilines is 1. The lowest BCUT2D eigenvalue weighted by molar-refractivity contribution is -0.119. The first-order valence-corrected chi connectivity index (χ1v) is 5.28. The van der Waals surface area contributed by atoms with Gasteiger partial charge >= 0.3 is 5.97 Å². The van der Waals surface area contributed by atoms with Crippen LogP contribution in [0.3, 0.4) is 0 Å². The summed E-state index contributed by atoms with van der Waals surface area (Å²) in [6.45, 7) is 2.01. The first kappa shape index (κ1) is 11.4. The molecule has 0 bridgehead atoms. The van der Waals surface area contributed by atoms with E-state index in [1.807, 2.05) is 0 Å². The van der Waals surface area contributed by atoms with Crippen molar-refractivity contribution in [3.63, 3.8) is 0 Å². The molecule has 17 heavy (non-hydrogen) atoms. The Morgan fingerprint density at radius 1 is 1.53 bits per heavy atom. The van der Waals surface area contributed by atoms with Crippen LogP contribution in [-0.4, -0.2) is 25.6 Å². The number of para-hydroxylation sites is 1. The van der Waals surface area contributed by atoms with E-state index in [0.29, 0.717) is 17.0 Å². The van der Waals surface area contributed by atoms with Crippen molar-refractivity contribution in [3.8, 4) is 5.75 Å². The van der Waals surface area contributed by atoms with E-state index in [1.165, 1.54) is 7.11 Å². The van der Waals surface area contributed by atoms with Gasteiger partial charge in [0.2, 0.25) is 5.91 Å². The van der Waals surface area contributed by atoms with Gasteiger partial charge in [0.25, 0.3) is 0 Å². The van der Waals surface area contributed by atoms with Crippen molar-refractivity contribution >= 4 is 17.6 Å². The third-order valence-electron chi connectivity index (χ3n) is 2.60. The Morgan fingerprint density at radius 2 is 2.29 bits per heavy atom. The molecule has 0 saturated heterocycles. The number of carbonyl (C=O) groups is 2. The van der Waals surface area contributed by atoms with Crippen molar-refractivity contribution in [2.24, 2.45) is 5.92 Å². The third-order valence-corrected chi connectivity index (χ3v) is 2.60. The molecule has 90 valence electrons. The van der Waals surface area contributed by atoms with E-state index >= 15 is 0 Å². The van der Waals surface area contributed by atoms with Crippen molar-refractivity contribution in [2.45, 2.75) is 6.92 Å². The van der Waals surface area contributed by atoms with E-state index in [0.717, 1.165) is 0 Å². The lowest BCUT2D eigenvalue weighted by Gasteiger charge is -2.10. The normalized spacial score (nSPS) is 18.5. The molecule has 0 aliphatic carbocycles. The number of carbonyl (C=O) groups excluding carboxylic acids is 2. The number of fused-ring (bicyclic) bond motifs is 1. The average molecular weight is 235 g/mol. The molecule has 1 aromatic carbocycles. The van der Waals surface area contributed by atoms with E-state index < -0.39 is 5.97 Å². The van der Waals surface area contributed by atoms with Gasteiger partial charge < -0.3 is 14.8 Å². The van der Waals surface area contributed by atoms with E-state index in [1.54, 1.807) is 25.1 Å². The minimum absolute atomic E-state index is 0.120. The Morgan fingerprint density at radius 3 is 3.00 bits per heavy atom. The Hall–Kier alpha value is -2.04. The smallest absolute Gasteiger partial charge is 0.341 e. The molecule has 1 atom stereocenters. The summed E-state index contributed by atoms with van der Waals surface area (Å²) >= 11 is 0. The van der Waals surface area contributed by atoms with Crippen LogP contribution in [0.1, 0.15) is 17.3 Å². The number of methoxy groups -OCH3 is 1. The summed E-state index contributed by atoms with van der Waals surface area (Å²) in [6.07, 6.45) is 0. The number of esters is 1. The molecule has 0 fully saturated rings. The predicted molar refractivity (Wildman–Crippen MR) is 61.1 cm³/mol. The van der Waals surface area contributed by atoms with Gasteiger partial charge in [-0.15, -0.1) is 0 Å². The highest BCUT2D eigenvalue weighted by atomic mass is 16.5. The molecule has 1 heterocycles. The van der Waals surface area contributed by atoms with Crippen LogP contribution in [0.25, 0.3) is 0 Å². The zero-order valence-electron chi connectivity index (χ0n) is 9.65. The van der Waals surface area contributed by atoms with Crippen molar-refractivity contribution in [1.82, 2.24) is 0 Å². The molecule has 5 nitrogen and oxygen atoms in total. The third kappa shape index (κ3) is 2.08. The maximum Gasteiger partial charge on any atom is 0.341 e. The Kier molecular flexibility index (Phi) is 2.99. The van der Waals surface area contributed by atoms with Crippen molar-refractivity contribution in [2.75, 3.05) is 19.0 Å². The molecular formula is C12H13NO4. The molecule has 0 saturated carbocycles. The fourth-order valence-corrected chi connectivity index (χ4v) is 1.60. The average Bonchev–Trinajstić information content (AvgIpc) is 2.48. The molecule has 1 aliphatic rings. The number of amides is 1. The fourth-order valence-electron chi connectivity index (χ4n) is 1.60. The highest BCUT2D eigenvalue weighted by molar-refractivity contribution is 6.00. The molecule has 0 radical (unpaired) electrons. The summed E-state index contributed by atoms with van der Waals surface area (Å²) in [7, 11) is 1.31. The highest BCUT2D eigenvalue weighted by Gasteiger charge is 2.24. The molecule has 1 amide bonds. The monoisotopic (exact) mass is 235 g/mol. The lowest BCUT2D eigenvalue weighted by atomic mass is 10.1. The van der Waals surface area contributed by atoms with Gasteiger partial charge in [-0.3, -0.25) is 4.79 Å². The highest BCUT2D eigenvalue weighted by Crippen LogP contribution is 2.32. The number of hydrogen-bond acceptors (Lipinski definition) is 4. The van der Waals surface area contributed by atoms with Crippen LogP contribution in [0.15, 0.2) is 18.2 Å². The molecule has 1 N–H and O–H groups in total. The van der Waals surface area contributed by atoms with Gasteiger partial charge in [-0.2, -0.15) is 0 Å². The van der Waals surface area contributed by atoms with Crippen LogP contribution in [0.2, 0.25) is 0 Å². The summed E-state index contributed by atoms with van der Waals surface area (Å²) < 4.78 is 10.2. The number of rotatable bonds is 1. The molecular weight excluding hydrogens is 222 g/mol. The van der Waals surface area contributed by atoms with Crippen LogP contribution < -0.4 is 10.1 Å². The molecule has 0 spiro atoms. The van der Waals surface area contributed by atoms with Crippen molar-refractivity contribution in [3.05, 3.63) is 23.8 Å². The topological polar surface area (TPSA) is 64.6 Å². The van der Waals surface area contributed by atoms with Gasteiger partial charge in [-0.1, -0.05) is 13.0 Å². The molecule has 1 aliphatic heterocycles. The second-order valence-electron chi connectivity index (χ2n) is 3.88. The van der Waals surface area contributed by atoms with Crippen LogP contribution in [0.5, 0.6) is 5.75 Å². The van der Waals surface area contributed by atoms with Gasteiger partial charge in [0.05, 0.1) is 25.3 Å².